The first-order valence-electron chi connectivity index (χ1n) is 5.54. The van der Waals surface area contributed by atoms with Crippen molar-refractivity contribution in [2.45, 2.75) is 5.92 Å². The van der Waals surface area contributed by atoms with Crippen LogP contribution >= 0.6 is 0 Å². The van der Waals surface area contributed by atoms with Crippen LogP contribution in [0.3, 0.4) is 0 Å². The van der Waals surface area contributed by atoms with Gasteiger partial charge >= 0.3 is 0 Å². The topological polar surface area (TPSA) is 41.1 Å². The average Bonchev–Trinajstić information content (AvgIpc) is 2.69. The molecule has 1 amide bonds. The molecule has 2 N–H and O–H groups in total. The number of fused-ring (bicyclic) bond motifs is 3. The predicted octanol–water partition coefficient (Wildman–Crippen LogP) is 0.872. The molecule has 1 fully saturated rings. The third-order valence-corrected chi connectivity index (χ3v) is 3.52. The molecule has 3 rings (SSSR count). The van der Waals surface area contributed by atoms with Gasteiger partial charge in [-0.25, -0.2) is 4.39 Å². The highest BCUT2D eigenvalue weighted by Crippen LogP contribution is 2.32. The van der Waals surface area contributed by atoms with Gasteiger partial charge in [-0.05, 0) is 29.7 Å². The number of rotatable bonds is 0. The molecule has 3 nitrogen and oxygen atoms in total. The van der Waals surface area contributed by atoms with Crippen LogP contribution in [0, 0.1) is 11.7 Å². The molecule has 0 radical (unpaired) electrons. The summed E-state index contributed by atoms with van der Waals surface area (Å²) in [6.07, 6.45) is 0. The molecule has 1 aromatic rings. The molecule has 0 unspecified atom stereocenters. The van der Waals surface area contributed by atoms with Crippen molar-refractivity contribution in [1.29, 1.82) is 0 Å². The van der Waals surface area contributed by atoms with Crippen LogP contribution < -0.4 is 10.6 Å². The lowest BCUT2D eigenvalue weighted by Crippen LogP contribution is -2.28. The molecule has 0 aliphatic carbocycles. The molecule has 1 aromatic carbocycles. The maximum atomic E-state index is 13.3. The van der Waals surface area contributed by atoms with E-state index in [0.29, 0.717) is 18.0 Å². The Bertz CT molecular complexity index is 447. The third kappa shape index (κ3) is 1.41. The van der Waals surface area contributed by atoms with Crippen LogP contribution in [0.5, 0.6) is 0 Å². The highest BCUT2D eigenvalue weighted by molar-refractivity contribution is 5.96. The molecule has 84 valence electrons. The zero-order valence-corrected chi connectivity index (χ0v) is 8.79. The first kappa shape index (κ1) is 9.78. The summed E-state index contributed by atoms with van der Waals surface area (Å²) in [7, 11) is 0. The number of benzene rings is 1. The van der Waals surface area contributed by atoms with Gasteiger partial charge in [0.05, 0.1) is 0 Å². The molecule has 2 aliphatic heterocycles. The van der Waals surface area contributed by atoms with E-state index in [2.05, 4.69) is 10.6 Å². The third-order valence-electron chi connectivity index (χ3n) is 3.52. The van der Waals surface area contributed by atoms with Crippen molar-refractivity contribution in [2.24, 2.45) is 5.92 Å². The molecule has 4 heteroatoms. The summed E-state index contributed by atoms with van der Waals surface area (Å²) >= 11 is 0. The van der Waals surface area contributed by atoms with Gasteiger partial charge in [0.15, 0.2) is 0 Å². The van der Waals surface area contributed by atoms with Crippen molar-refractivity contribution < 1.29 is 9.18 Å². The number of hydrogen-bond acceptors (Lipinski definition) is 2. The highest BCUT2D eigenvalue weighted by Gasteiger charge is 2.34. The molecular weight excluding hydrogens is 207 g/mol. The molecule has 1 saturated heterocycles. The minimum absolute atomic E-state index is 0.0793. The number of amides is 1. The lowest BCUT2D eigenvalue weighted by molar-refractivity contribution is 0.0952. The molecule has 0 spiro atoms. The van der Waals surface area contributed by atoms with Gasteiger partial charge in [-0.1, -0.05) is 0 Å². The highest BCUT2D eigenvalue weighted by atomic mass is 19.1. The second-order valence-electron chi connectivity index (χ2n) is 4.47. The Balaban J connectivity index is 2.13. The maximum absolute atomic E-state index is 13.3. The largest absolute Gasteiger partial charge is 0.352 e. The summed E-state index contributed by atoms with van der Waals surface area (Å²) in [4.78, 5) is 11.8. The average molecular weight is 220 g/mol. The van der Waals surface area contributed by atoms with Crippen molar-refractivity contribution in [3.8, 4) is 0 Å². The SMILES string of the molecule is O=C1NC[C@@H]2CNC[C@H]2c2cc(F)ccc21. The van der Waals surface area contributed by atoms with Gasteiger partial charge < -0.3 is 10.6 Å². The fourth-order valence-electron chi connectivity index (χ4n) is 2.68. The number of carbonyl (C=O) groups excluding carboxylic acids is 1. The molecule has 2 atom stereocenters. The van der Waals surface area contributed by atoms with E-state index in [0.717, 1.165) is 18.7 Å². The predicted molar refractivity (Wildman–Crippen MR) is 57.8 cm³/mol. The maximum Gasteiger partial charge on any atom is 0.251 e. The van der Waals surface area contributed by atoms with Crippen LogP contribution in [0.2, 0.25) is 0 Å². The normalized spacial score (nSPS) is 27.9. The van der Waals surface area contributed by atoms with Crippen LogP contribution in [0.15, 0.2) is 18.2 Å². The number of nitrogens with one attached hydrogen (secondary N) is 2. The quantitative estimate of drug-likeness (QED) is 0.681. The van der Waals surface area contributed by atoms with E-state index in [1.165, 1.54) is 12.1 Å². The Morgan fingerprint density at radius 1 is 1.25 bits per heavy atom. The number of halogens is 1. The van der Waals surface area contributed by atoms with Crippen molar-refractivity contribution in [1.82, 2.24) is 10.6 Å². The van der Waals surface area contributed by atoms with Gasteiger partial charge in [0, 0.05) is 31.1 Å². The molecule has 0 bridgehead atoms. The summed E-state index contributed by atoms with van der Waals surface area (Å²) in [5.74, 6) is 0.292. The van der Waals surface area contributed by atoms with Gasteiger partial charge in [-0.3, -0.25) is 4.79 Å². The lowest BCUT2D eigenvalue weighted by Gasteiger charge is -2.15. The number of hydrogen-bond donors (Lipinski definition) is 2. The zero-order chi connectivity index (χ0) is 11.1. The standard InChI is InChI=1S/C12H13FN2O/c13-8-1-2-9-10(3-8)11-6-14-4-7(11)5-15-12(9)16/h1-3,7,11,14H,4-6H2,(H,15,16)/t7-,11+/m0/s1. The minimum atomic E-state index is -0.265. The van der Waals surface area contributed by atoms with Crippen LogP contribution in [0.25, 0.3) is 0 Å². The van der Waals surface area contributed by atoms with Crippen LogP contribution in [0.1, 0.15) is 21.8 Å². The Morgan fingerprint density at radius 2 is 2.12 bits per heavy atom. The fourth-order valence-corrected chi connectivity index (χ4v) is 2.68. The van der Waals surface area contributed by atoms with E-state index < -0.39 is 0 Å². The summed E-state index contributed by atoms with van der Waals surface area (Å²) in [6.45, 7) is 2.39. The van der Waals surface area contributed by atoms with Crippen LogP contribution in [-0.2, 0) is 0 Å². The van der Waals surface area contributed by atoms with Crippen molar-refractivity contribution in [2.75, 3.05) is 19.6 Å². The van der Waals surface area contributed by atoms with Crippen LogP contribution in [-0.4, -0.2) is 25.5 Å². The Hall–Kier alpha value is -1.42. The molecule has 2 heterocycles. The van der Waals surface area contributed by atoms with Crippen molar-refractivity contribution in [3.05, 3.63) is 35.1 Å². The Morgan fingerprint density at radius 3 is 3.00 bits per heavy atom. The molecular formula is C12H13FN2O. The van der Waals surface area contributed by atoms with E-state index in [1.54, 1.807) is 6.07 Å². The van der Waals surface area contributed by atoms with Gasteiger partial charge in [0.1, 0.15) is 5.82 Å². The molecule has 0 saturated carbocycles. The fraction of sp³-hybridized carbons (Fsp3) is 0.417. The summed E-state index contributed by atoms with van der Waals surface area (Å²) in [6, 6.07) is 4.44. The van der Waals surface area contributed by atoms with Gasteiger partial charge in [-0.15, -0.1) is 0 Å². The van der Waals surface area contributed by atoms with E-state index in [9.17, 15) is 9.18 Å². The Kier molecular flexibility index (Phi) is 2.17. The summed E-state index contributed by atoms with van der Waals surface area (Å²) < 4.78 is 13.3. The second kappa shape index (κ2) is 3.56. The van der Waals surface area contributed by atoms with E-state index >= 15 is 0 Å². The molecule has 2 aliphatic rings. The first-order valence-corrected chi connectivity index (χ1v) is 5.54. The van der Waals surface area contributed by atoms with Gasteiger partial charge in [0.25, 0.3) is 5.91 Å². The number of carbonyl (C=O) groups is 1. The summed E-state index contributed by atoms with van der Waals surface area (Å²) in [5, 5.41) is 6.18. The minimum Gasteiger partial charge on any atom is -0.352 e. The lowest BCUT2D eigenvalue weighted by atomic mass is 9.87. The molecule has 16 heavy (non-hydrogen) atoms. The van der Waals surface area contributed by atoms with E-state index in [4.69, 9.17) is 0 Å². The monoisotopic (exact) mass is 220 g/mol. The zero-order valence-electron chi connectivity index (χ0n) is 8.79. The second-order valence-corrected chi connectivity index (χ2v) is 4.47. The van der Waals surface area contributed by atoms with Gasteiger partial charge in [-0.2, -0.15) is 0 Å². The van der Waals surface area contributed by atoms with E-state index in [1.807, 2.05) is 0 Å². The first-order chi connectivity index (χ1) is 7.75. The molecule has 0 aromatic heterocycles. The summed E-state index contributed by atoms with van der Waals surface area (Å²) in [5.41, 5.74) is 1.47. The van der Waals surface area contributed by atoms with Gasteiger partial charge in [0.2, 0.25) is 0 Å². The van der Waals surface area contributed by atoms with Crippen molar-refractivity contribution in [3.63, 3.8) is 0 Å². The Labute approximate surface area is 93.0 Å². The smallest absolute Gasteiger partial charge is 0.251 e. The van der Waals surface area contributed by atoms with Crippen molar-refractivity contribution >= 4 is 5.91 Å². The van der Waals surface area contributed by atoms with Crippen LogP contribution in [0.4, 0.5) is 4.39 Å². The van der Waals surface area contributed by atoms with E-state index in [-0.39, 0.29) is 17.6 Å².